The van der Waals surface area contributed by atoms with Crippen molar-refractivity contribution >= 4 is 17.7 Å². The molecular weight excluding hydrogens is 480 g/mol. The lowest BCUT2D eigenvalue weighted by Gasteiger charge is -2.43. The lowest BCUT2D eigenvalue weighted by atomic mass is 10.1. The van der Waals surface area contributed by atoms with E-state index in [1.807, 2.05) is 59.5 Å². The molecule has 0 spiro atoms. The molecule has 200 valence electrons. The van der Waals surface area contributed by atoms with Gasteiger partial charge in [0.2, 0.25) is 5.91 Å². The largest absolute Gasteiger partial charge is 0.497 e. The van der Waals surface area contributed by atoms with Crippen LogP contribution in [0.15, 0.2) is 54.6 Å². The van der Waals surface area contributed by atoms with Crippen LogP contribution in [0.1, 0.15) is 24.8 Å². The van der Waals surface area contributed by atoms with Crippen molar-refractivity contribution in [2.24, 2.45) is 0 Å². The molecule has 4 rings (SSSR count). The second-order valence-corrected chi connectivity index (χ2v) is 9.09. The minimum absolute atomic E-state index is 0.0148. The SMILES string of the molecule is COc1ccc(N2CCN(C(=O)OCCCON(O)O)C[C@@H]2C(=O)N(Cc2ccccc2)C2CC2)cc1. The van der Waals surface area contributed by atoms with E-state index < -0.39 is 12.1 Å². The van der Waals surface area contributed by atoms with Gasteiger partial charge in [-0.1, -0.05) is 30.3 Å². The van der Waals surface area contributed by atoms with Crippen LogP contribution in [0.3, 0.4) is 0 Å². The molecule has 0 radical (unpaired) electrons. The molecule has 2 aromatic rings. The molecule has 37 heavy (non-hydrogen) atoms. The fraction of sp³-hybridized carbons (Fsp3) is 0.462. The topological polar surface area (TPSA) is 115 Å². The third-order valence-corrected chi connectivity index (χ3v) is 6.52. The van der Waals surface area contributed by atoms with Crippen LogP contribution in [0.25, 0.3) is 0 Å². The number of nitrogens with zero attached hydrogens (tertiary/aromatic N) is 4. The first kappa shape index (κ1) is 26.7. The first-order chi connectivity index (χ1) is 18.0. The summed E-state index contributed by atoms with van der Waals surface area (Å²) < 4.78 is 10.6. The summed E-state index contributed by atoms with van der Waals surface area (Å²) in [6, 6.07) is 17.1. The smallest absolute Gasteiger partial charge is 0.409 e. The van der Waals surface area contributed by atoms with E-state index in [9.17, 15) is 9.59 Å². The summed E-state index contributed by atoms with van der Waals surface area (Å²) >= 11 is 0. The monoisotopic (exact) mass is 514 g/mol. The van der Waals surface area contributed by atoms with E-state index >= 15 is 0 Å². The minimum atomic E-state index is -0.570. The number of rotatable bonds is 11. The number of anilines is 1. The number of carbonyl (C=O) groups is 2. The van der Waals surface area contributed by atoms with E-state index in [1.165, 1.54) is 0 Å². The maximum Gasteiger partial charge on any atom is 0.409 e. The lowest BCUT2D eigenvalue weighted by molar-refractivity contribution is -0.492. The van der Waals surface area contributed by atoms with Crippen LogP contribution < -0.4 is 9.64 Å². The summed E-state index contributed by atoms with van der Waals surface area (Å²) in [6.45, 7) is 1.60. The number of hydrogen-bond donors (Lipinski definition) is 2. The van der Waals surface area contributed by atoms with Crippen molar-refractivity contribution in [3.05, 3.63) is 60.2 Å². The fourth-order valence-corrected chi connectivity index (χ4v) is 4.44. The Morgan fingerprint density at radius 2 is 1.73 bits per heavy atom. The van der Waals surface area contributed by atoms with Gasteiger partial charge in [-0.05, 0) is 42.7 Å². The average Bonchev–Trinajstić information content (AvgIpc) is 3.77. The number of benzene rings is 2. The average molecular weight is 515 g/mol. The van der Waals surface area contributed by atoms with Crippen LogP contribution in [0.5, 0.6) is 5.75 Å². The first-order valence-corrected chi connectivity index (χ1v) is 12.4. The van der Waals surface area contributed by atoms with Gasteiger partial charge >= 0.3 is 6.09 Å². The number of piperazine rings is 1. The third kappa shape index (κ3) is 7.32. The van der Waals surface area contributed by atoms with Gasteiger partial charge in [-0.3, -0.25) is 20.0 Å². The van der Waals surface area contributed by atoms with Crippen molar-refractivity contribution in [1.29, 1.82) is 0 Å². The van der Waals surface area contributed by atoms with Gasteiger partial charge in [0.05, 0.1) is 32.3 Å². The zero-order chi connectivity index (χ0) is 26.2. The zero-order valence-corrected chi connectivity index (χ0v) is 20.9. The molecule has 1 aliphatic carbocycles. The molecular formula is C26H34N4O7. The highest BCUT2D eigenvalue weighted by Gasteiger charge is 2.41. The van der Waals surface area contributed by atoms with Gasteiger partial charge < -0.3 is 24.2 Å². The highest BCUT2D eigenvalue weighted by Crippen LogP contribution is 2.32. The number of ether oxygens (including phenoxy) is 2. The van der Waals surface area contributed by atoms with Crippen LogP contribution in [0.2, 0.25) is 0 Å². The molecule has 1 aliphatic heterocycles. The maximum atomic E-state index is 14.0. The Morgan fingerprint density at radius 3 is 2.38 bits per heavy atom. The Balaban J connectivity index is 1.48. The number of hydrogen-bond acceptors (Lipinski definition) is 9. The highest BCUT2D eigenvalue weighted by atomic mass is 17.1. The molecule has 0 bridgehead atoms. The first-order valence-electron chi connectivity index (χ1n) is 12.4. The Kier molecular flexibility index (Phi) is 9.18. The Hall–Kier alpha value is -3.38. The van der Waals surface area contributed by atoms with Crippen LogP contribution >= 0.6 is 0 Å². The van der Waals surface area contributed by atoms with Gasteiger partial charge in [-0.15, -0.1) is 0 Å². The summed E-state index contributed by atoms with van der Waals surface area (Å²) in [6.07, 6.45) is 1.71. The zero-order valence-electron chi connectivity index (χ0n) is 20.9. The second kappa shape index (κ2) is 12.7. The van der Waals surface area contributed by atoms with Gasteiger partial charge in [-0.2, -0.15) is 0 Å². The molecule has 11 heteroatoms. The molecule has 11 nitrogen and oxygen atoms in total. The number of amides is 2. The van der Waals surface area contributed by atoms with Crippen molar-refractivity contribution in [2.75, 3.05) is 44.9 Å². The van der Waals surface area contributed by atoms with Crippen LogP contribution in [0, 0.1) is 0 Å². The van der Waals surface area contributed by atoms with Gasteiger partial charge in [0.25, 0.3) is 0 Å². The molecule has 0 aromatic heterocycles. The number of methoxy groups -OCH3 is 1. The normalized spacial score (nSPS) is 17.6. The lowest BCUT2D eigenvalue weighted by Crippen LogP contribution is -2.61. The molecule has 1 saturated carbocycles. The van der Waals surface area contributed by atoms with Gasteiger partial charge in [0.15, 0.2) is 0 Å². The Bertz CT molecular complexity index is 1020. The fourth-order valence-electron chi connectivity index (χ4n) is 4.44. The van der Waals surface area contributed by atoms with E-state index in [-0.39, 0.29) is 43.5 Å². The van der Waals surface area contributed by atoms with Gasteiger partial charge in [0.1, 0.15) is 11.8 Å². The summed E-state index contributed by atoms with van der Waals surface area (Å²) in [5.74, 6) is 0.714. The second-order valence-electron chi connectivity index (χ2n) is 9.09. The van der Waals surface area contributed by atoms with Crippen LogP contribution in [-0.4, -0.2) is 89.6 Å². The van der Waals surface area contributed by atoms with E-state index in [2.05, 4.69) is 9.74 Å². The van der Waals surface area contributed by atoms with Crippen molar-refractivity contribution in [2.45, 2.75) is 37.9 Å². The van der Waals surface area contributed by atoms with Gasteiger partial charge in [0, 0.05) is 37.8 Å². The van der Waals surface area contributed by atoms with Crippen molar-refractivity contribution in [1.82, 2.24) is 15.2 Å². The summed E-state index contributed by atoms with van der Waals surface area (Å²) in [7, 11) is 1.61. The molecule has 1 atom stereocenters. The number of carbonyl (C=O) groups excluding carboxylic acids is 2. The van der Waals surface area contributed by atoms with Crippen LogP contribution in [0.4, 0.5) is 10.5 Å². The quantitative estimate of drug-likeness (QED) is 0.345. The maximum absolute atomic E-state index is 14.0. The standard InChI is InChI=1S/C26H34N4O7/c1-35-23-12-10-21(11-13-23)28-15-14-27(26(32)36-16-5-17-37-30(33)34)19-24(28)25(31)29(22-8-9-22)18-20-6-3-2-4-7-20/h2-4,6-7,10-13,22,24,33-34H,5,8-9,14-19H2,1H3/t24-/m1/s1. The van der Waals surface area contributed by atoms with E-state index in [0.717, 1.165) is 29.8 Å². The highest BCUT2D eigenvalue weighted by molar-refractivity contribution is 5.87. The summed E-state index contributed by atoms with van der Waals surface area (Å²) in [5.41, 5.74) is 1.95. The van der Waals surface area contributed by atoms with E-state index in [1.54, 1.807) is 12.0 Å². The molecule has 2 aliphatic rings. The molecule has 1 heterocycles. The van der Waals surface area contributed by atoms with Crippen LogP contribution in [-0.2, 0) is 20.9 Å². The Morgan fingerprint density at radius 1 is 1.00 bits per heavy atom. The summed E-state index contributed by atoms with van der Waals surface area (Å²) in [4.78, 5) is 36.9. The molecule has 2 fully saturated rings. The van der Waals surface area contributed by atoms with E-state index in [4.69, 9.17) is 19.9 Å². The van der Waals surface area contributed by atoms with Crippen molar-refractivity contribution in [3.8, 4) is 5.75 Å². The van der Waals surface area contributed by atoms with E-state index in [0.29, 0.717) is 19.6 Å². The molecule has 2 amide bonds. The van der Waals surface area contributed by atoms with Crippen molar-refractivity contribution < 1.29 is 34.3 Å². The summed E-state index contributed by atoms with van der Waals surface area (Å²) in [5, 5.41) is 16.8. The Labute approximate surface area is 216 Å². The molecule has 1 saturated heterocycles. The molecule has 2 aromatic carbocycles. The molecule has 2 N–H and O–H groups in total. The van der Waals surface area contributed by atoms with Crippen molar-refractivity contribution in [3.63, 3.8) is 0 Å². The van der Waals surface area contributed by atoms with Gasteiger partial charge in [-0.25, -0.2) is 4.79 Å². The third-order valence-electron chi connectivity index (χ3n) is 6.52. The molecule has 0 unspecified atom stereocenters. The predicted octanol–water partition coefficient (Wildman–Crippen LogP) is 2.92. The minimum Gasteiger partial charge on any atom is -0.497 e. The predicted molar refractivity (Wildman–Crippen MR) is 133 cm³/mol.